The third kappa shape index (κ3) is 5.41. The van der Waals surface area contributed by atoms with E-state index in [1.807, 2.05) is 35.2 Å². The number of anilines is 1. The molecule has 4 heterocycles. The van der Waals surface area contributed by atoms with Crippen LogP contribution in [-0.4, -0.2) is 47.1 Å². The Morgan fingerprint density at radius 3 is 2.69 bits per heavy atom. The molecule has 2 aliphatic rings. The molecule has 2 aliphatic heterocycles. The minimum Gasteiger partial charge on any atom is -0.334 e. The summed E-state index contributed by atoms with van der Waals surface area (Å²) >= 11 is 13.8. The lowest BCUT2D eigenvalue weighted by atomic mass is 9.74. The first-order valence-electron chi connectivity index (χ1n) is 13.1. The van der Waals surface area contributed by atoms with Gasteiger partial charge in [0, 0.05) is 41.8 Å². The largest absolute Gasteiger partial charge is 0.334 e. The number of benzene rings is 2. The zero-order valence-corrected chi connectivity index (χ0v) is 24.0. The van der Waals surface area contributed by atoms with Crippen molar-refractivity contribution in [2.24, 2.45) is 0 Å². The summed E-state index contributed by atoms with van der Waals surface area (Å²) in [7, 11) is 0. The van der Waals surface area contributed by atoms with Crippen LogP contribution in [0.15, 0.2) is 60.8 Å². The number of thiazole rings is 1. The molecule has 2 aromatic heterocycles. The molecule has 1 saturated heterocycles. The fraction of sp³-hybridized carbons (Fsp3) is 0.300. The molecule has 9 heteroatoms. The Labute approximate surface area is 242 Å². The summed E-state index contributed by atoms with van der Waals surface area (Å²) in [5.74, 6) is 0. The quantitative estimate of drug-likeness (QED) is 0.257. The van der Waals surface area contributed by atoms with Gasteiger partial charge in [-0.05, 0) is 80.4 Å². The normalized spacial score (nSPS) is 16.8. The maximum absolute atomic E-state index is 13.5. The van der Waals surface area contributed by atoms with Gasteiger partial charge >= 0.3 is 6.03 Å². The second-order valence-corrected chi connectivity index (χ2v) is 12.4. The number of nitrogens with one attached hydrogen (secondary N) is 1. The van der Waals surface area contributed by atoms with Crippen LogP contribution < -0.4 is 10.2 Å². The highest BCUT2D eigenvalue weighted by atomic mass is 35.5. The van der Waals surface area contributed by atoms with E-state index in [0.717, 1.165) is 64.8 Å². The van der Waals surface area contributed by atoms with Gasteiger partial charge in [0.15, 0.2) is 0 Å². The molecule has 0 saturated carbocycles. The van der Waals surface area contributed by atoms with E-state index in [1.54, 1.807) is 23.6 Å². The molecule has 0 unspecified atom stereocenters. The molecule has 0 radical (unpaired) electrons. The number of pyridine rings is 1. The van der Waals surface area contributed by atoms with Gasteiger partial charge in [0.05, 0.1) is 20.9 Å². The van der Waals surface area contributed by atoms with Gasteiger partial charge in [0.25, 0.3) is 0 Å². The molecule has 6 rings (SSSR count). The molecule has 2 amide bonds. The van der Waals surface area contributed by atoms with Crippen LogP contribution >= 0.6 is 34.5 Å². The van der Waals surface area contributed by atoms with E-state index in [4.69, 9.17) is 28.2 Å². The average Bonchev–Trinajstić information content (AvgIpc) is 3.47. The Bertz CT molecular complexity index is 1540. The lowest BCUT2D eigenvalue weighted by Crippen LogP contribution is -2.47. The SMILES string of the molecule is Cc1nc2c3c(ccc2s1)N(C(=O)NCc1ccnc(Cl)c1)CC31CCN(C/C=C/c2ccc(Cl)cc2)CC1. The zero-order valence-electron chi connectivity index (χ0n) is 21.7. The molecule has 2 aromatic carbocycles. The first kappa shape index (κ1) is 26.3. The van der Waals surface area contributed by atoms with Gasteiger partial charge in [-0.3, -0.25) is 9.80 Å². The van der Waals surface area contributed by atoms with Crippen molar-refractivity contribution < 1.29 is 4.79 Å². The Morgan fingerprint density at radius 1 is 1.13 bits per heavy atom. The number of aromatic nitrogens is 2. The molecule has 1 N–H and O–H groups in total. The third-order valence-electron chi connectivity index (χ3n) is 7.76. The second kappa shape index (κ2) is 10.9. The smallest absolute Gasteiger partial charge is 0.322 e. The van der Waals surface area contributed by atoms with Crippen molar-refractivity contribution in [3.05, 3.63) is 92.7 Å². The number of halogens is 2. The number of carbonyl (C=O) groups excluding carboxylic acids is 1. The fourth-order valence-corrected chi connectivity index (χ4v) is 6.96. The minimum atomic E-state index is -0.108. The van der Waals surface area contributed by atoms with E-state index in [-0.39, 0.29) is 11.4 Å². The van der Waals surface area contributed by atoms with Crippen LogP contribution in [0, 0.1) is 6.92 Å². The first-order chi connectivity index (χ1) is 18.9. The van der Waals surface area contributed by atoms with Crippen molar-refractivity contribution in [1.29, 1.82) is 0 Å². The predicted octanol–water partition coefficient (Wildman–Crippen LogP) is 7.08. The minimum absolute atomic E-state index is 0.0966. The van der Waals surface area contributed by atoms with Crippen LogP contribution in [0.2, 0.25) is 10.2 Å². The molecule has 1 fully saturated rings. The summed E-state index contributed by atoms with van der Waals surface area (Å²) in [5, 5.41) is 5.32. The monoisotopic (exact) mass is 577 g/mol. The molecular formula is C30H29Cl2N5OS. The summed E-state index contributed by atoms with van der Waals surface area (Å²) in [6.07, 6.45) is 7.98. The molecule has 200 valence electrons. The number of rotatable bonds is 5. The Balaban J connectivity index is 1.20. The highest BCUT2D eigenvalue weighted by Gasteiger charge is 2.48. The van der Waals surface area contributed by atoms with Crippen LogP contribution in [-0.2, 0) is 12.0 Å². The third-order valence-corrected chi connectivity index (χ3v) is 9.16. The van der Waals surface area contributed by atoms with E-state index in [9.17, 15) is 4.79 Å². The zero-order chi connectivity index (χ0) is 27.0. The highest BCUT2D eigenvalue weighted by molar-refractivity contribution is 7.18. The van der Waals surface area contributed by atoms with Crippen molar-refractivity contribution in [3.63, 3.8) is 0 Å². The maximum atomic E-state index is 13.5. The number of nitrogens with zero attached hydrogens (tertiary/aromatic N) is 4. The van der Waals surface area contributed by atoms with Gasteiger partial charge < -0.3 is 5.32 Å². The van der Waals surface area contributed by atoms with Gasteiger partial charge in [-0.15, -0.1) is 11.3 Å². The molecule has 0 bridgehead atoms. The van der Waals surface area contributed by atoms with Crippen LogP contribution in [0.4, 0.5) is 10.5 Å². The standard InChI is InChI=1S/C30H29Cl2N5OS/c1-20-35-28-25(39-20)9-8-24-27(28)30(19-37(24)29(38)34-18-22-10-13-33-26(32)17-22)11-15-36(16-12-30)14-2-3-21-4-6-23(31)7-5-21/h2-10,13,17H,11-12,14-16,18-19H2,1H3,(H,34,38)/b3-2+. The number of hydrogen-bond donors (Lipinski definition) is 1. The molecule has 0 atom stereocenters. The van der Waals surface area contributed by atoms with E-state index >= 15 is 0 Å². The Morgan fingerprint density at radius 2 is 1.92 bits per heavy atom. The summed E-state index contributed by atoms with van der Waals surface area (Å²) in [6, 6.07) is 15.7. The van der Waals surface area contributed by atoms with Crippen LogP contribution in [0.25, 0.3) is 16.3 Å². The Hall–Kier alpha value is -2.97. The maximum Gasteiger partial charge on any atom is 0.322 e. The number of piperidine rings is 1. The van der Waals surface area contributed by atoms with E-state index in [1.165, 1.54) is 10.3 Å². The van der Waals surface area contributed by atoms with Gasteiger partial charge in [-0.25, -0.2) is 14.8 Å². The highest BCUT2D eigenvalue weighted by Crippen LogP contribution is 2.50. The number of amides is 2. The van der Waals surface area contributed by atoms with Crippen LogP contribution in [0.1, 0.15) is 34.5 Å². The lowest BCUT2D eigenvalue weighted by molar-refractivity contribution is 0.180. The van der Waals surface area contributed by atoms with E-state index < -0.39 is 0 Å². The molecule has 0 aliphatic carbocycles. The van der Waals surface area contributed by atoms with Crippen molar-refractivity contribution in [2.75, 3.05) is 31.1 Å². The first-order valence-corrected chi connectivity index (χ1v) is 14.7. The molecule has 39 heavy (non-hydrogen) atoms. The summed E-state index contributed by atoms with van der Waals surface area (Å²) in [6.45, 7) is 5.94. The Kier molecular flexibility index (Phi) is 7.33. The number of fused-ring (bicyclic) bond motifs is 4. The van der Waals surface area contributed by atoms with E-state index in [2.05, 4.69) is 46.4 Å². The molecule has 4 aromatic rings. The second-order valence-electron chi connectivity index (χ2n) is 10.3. The van der Waals surface area contributed by atoms with Gasteiger partial charge in [0.1, 0.15) is 5.15 Å². The van der Waals surface area contributed by atoms with E-state index in [0.29, 0.717) is 18.2 Å². The topological polar surface area (TPSA) is 61.4 Å². The van der Waals surface area contributed by atoms with Crippen LogP contribution in [0.3, 0.4) is 0 Å². The average molecular weight is 579 g/mol. The summed E-state index contributed by atoms with van der Waals surface area (Å²) in [4.78, 5) is 26.9. The van der Waals surface area contributed by atoms with Gasteiger partial charge in [-0.1, -0.05) is 47.5 Å². The molecule has 6 nitrogen and oxygen atoms in total. The molecular weight excluding hydrogens is 549 g/mol. The van der Waals surface area contributed by atoms with Crippen molar-refractivity contribution in [1.82, 2.24) is 20.2 Å². The van der Waals surface area contributed by atoms with Crippen molar-refractivity contribution >= 4 is 62.5 Å². The van der Waals surface area contributed by atoms with Gasteiger partial charge in [-0.2, -0.15) is 0 Å². The summed E-state index contributed by atoms with van der Waals surface area (Å²) in [5.41, 5.74) is 5.24. The van der Waals surface area contributed by atoms with Crippen LogP contribution in [0.5, 0.6) is 0 Å². The number of aryl methyl sites for hydroxylation is 1. The number of likely N-dealkylation sites (tertiary alicyclic amines) is 1. The number of carbonyl (C=O) groups is 1. The predicted molar refractivity (Wildman–Crippen MR) is 161 cm³/mol. The fourth-order valence-electron chi connectivity index (χ4n) is 5.80. The summed E-state index contributed by atoms with van der Waals surface area (Å²) < 4.78 is 1.19. The molecule has 1 spiro atoms. The van der Waals surface area contributed by atoms with Crippen molar-refractivity contribution in [2.45, 2.75) is 31.7 Å². The number of hydrogen-bond acceptors (Lipinski definition) is 5. The number of urea groups is 1. The lowest BCUT2D eigenvalue weighted by Gasteiger charge is -2.39. The van der Waals surface area contributed by atoms with Crippen molar-refractivity contribution in [3.8, 4) is 0 Å². The van der Waals surface area contributed by atoms with Gasteiger partial charge in [0.2, 0.25) is 0 Å².